The van der Waals surface area contributed by atoms with Crippen LogP contribution in [0.25, 0.3) is 0 Å². The van der Waals surface area contributed by atoms with Gasteiger partial charge in [0, 0.05) is 20.0 Å². The molecule has 1 heterocycles. The second-order valence-electron chi connectivity index (χ2n) is 5.64. The zero-order valence-electron chi connectivity index (χ0n) is 13.5. The number of hydrogen-bond donors (Lipinski definition) is 1. The van der Waals surface area contributed by atoms with Gasteiger partial charge in [0.05, 0.1) is 37.7 Å². The van der Waals surface area contributed by atoms with E-state index >= 15 is 0 Å². The number of carbonyl (C=O) groups excluding carboxylic acids is 1. The molecule has 128 valence electrons. The van der Waals surface area contributed by atoms with Crippen LogP contribution < -0.4 is 10.1 Å². The van der Waals surface area contributed by atoms with Gasteiger partial charge in [0.25, 0.3) is 5.91 Å². The second-order valence-corrected chi connectivity index (χ2v) is 7.87. The lowest BCUT2D eigenvalue weighted by molar-refractivity contribution is 0.0923. The quantitative estimate of drug-likeness (QED) is 0.805. The minimum atomic E-state index is -3.35. The molecule has 1 aliphatic rings. The Morgan fingerprint density at radius 2 is 2.04 bits per heavy atom. The summed E-state index contributed by atoms with van der Waals surface area (Å²) < 4.78 is 35.8. The van der Waals surface area contributed by atoms with E-state index in [-0.39, 0.29) is 23.6 Å². The lowest BCUT2D eigenvalue weighted by Gasteiger charge is -2.21. The average Bonchev–Trinajstić information content (AvgIpc) is 2.93. The molecule has 7 nitrogen and oxygen atoms in total. The predicted molar refractivity (Wildman–Crippen MR) is 86.0 cm³/mol. The first kappa shape index (κ1) is 17.7. The van der Waals surface area contributed by atoms with Gasteiger partial charge in [-0.05, 0) is 12.1 Å². The van der Waals surface area contributed by atoms with Crippen molar-refractivity contribution in [3.05, 3.63) is 29.8 Å². The minimum absolute atomic E-state index is 0.0587. The van der Waals surface area contributed by atoms with Gasteiger partial charge in [0.15, 0.2) is 0 Å². The Balaban J connectivity index is 2.08. The number of amides is 1. The van der Waals surface area contributed by atoms with Crippen molar-refractivity contribution in [3.63, 3.8) is 0 Å². The molecule has 23 heavy (non-hydrogen) atoms. The van der Waals surface area contributed by atoms with Crippen molar-refractivity contribution < 1.29 is 22.7 Å². The standard InChI is InChI=1S/C15H22N2O5S/c1-17(2)23(19,20)10-11-8-22-9-13(11)16-15(18)12-6-4-5-7-14(12)21-3/h4-7,11,13H,8-10H2,1-3H3,(H,16,18)/t11-,13+/m0/s1. The van der Waals surface area contributed by atoms with Gasteiger partial charge in [-0.3, -0.25) is 4.79 Å². The second kappa shape index (κ2) is 7.29. The third kappa shape index (κ3) is 4.21. The van der Waals surface area contributed by atoms with Gasteiger partial charge in [0.2, 0.25) is 10.0 Å². The van der Waals surface area contributed by atoms with Gasteiger partial charge in [0.1, 0.15) is 5.75 Å². The molecule has 1 amide bonds. The van der Waals surface area contributed by atoms with Crippen LogP contribution in [0.1, 0.15) is 10.4 Å². The fourth-order valence-corrected chi connectivity index (χ4v) is 3.59. The first-order chi connectivity index (χ1) is 10.8. The SMILES string of the molecule is COc1ccccc1C(=O)N[C@@H]1COC[C@H]1CS(=O)(=O)N(C)C. The third-order valence-electron chi connectivity index (χ3n) is 3.85. The molecule has 1 aromatic rings. The normalized spacial score (nSPS) is 21.4. The highest BCUT2D eigenvalue weighted by Gasteiger charge is 2.34. The molecule has 0 aromatic heterocycles. The number of ether oxygens (including phenoxy) is 2. The van der Waals surface area contributed by atoms with E-state index < -0.39 is 10.0 Å². The maximum atomic E-state index is 12.4. The molecule has 0 spiro atoms. The molecule has 2 atom stereocenters. The Bertz CT molecular complexity index is 660. The summed E-state index contributed by atoms with van der Waals surface area (Å²) in [7, 11) is 1.13. The maximum Gasteiger partial charge on any atom is 0.255 e. The largest absolute Gasteiger partial charge is 0.496 e. The summed E-state index contributed by atoms with van der Waals surface area (Å²) in [6.07, 6.45) is 0. The number of nitrogens with zero attached hydrogens (tertiary/aromatic N) is 1. The number of methoxy groups -OCH3 is 1. The Labute approximate surface area is 136 Å². The first-order valence-electron chi connectivity index (χ1n) is 7.27. The lowest BCUT2D eigenvalue weighted by atomic mass is 10.1. The molecule has 2 rings (SSSR count). The monoisotopic (exact) mass is 342 g/mol. The smallest absolute Gasteiger partial charge is 0.255 e. The molecule has 1 N–H and O–H groups in total. The third-order valence-corrected chi connectivity index (χ3v) is 5.81. The zero-order valence-corrected chi connectivity index (χ0v) is 14.3. The highest BCUT2D eigenvalue weighted by Crippen LogP contribution is 2.20. The van der Waals surface area contributed by atoms with Crippen LogP contribution >= 0.6 is 0 Å². The van der Waals surface area contributed by atoms with Crippen molar-refractivity contribution in [1.29, 1.82) is 0 Å². The Kier molecular flexibility index (Phi) is 5.61. The Hall–Kier alpha value is -1.64. The molecule has 1 aromatic carbocycles. The molecule has 0 aliphatic carbocycles. The van der Waals surface area contributed by atoms with Gasteiger partial charge in [-0.1, -0.05) is 12.1 Å². The topological polar surface area (TPSA) is 84.9 Å². The van der Waals surface area contributed by atoms with E-state index in [2.05, 4.69) is 5.32 Å². The van der Waals surface area contributed by atoms with Crippen LogP contribution in [-0.2, 0) is 14.8 Å². The van der Waals surface area contributed by atoms with Gasteiger partial charge in [-0.2, -0.15) is 0 Å². The number of hydrogen-bond acceptors (Lipinski definition) is 5. The maximum absolute atomic E-state index is 12.4. The molecule has 1 saturated heterocycles. The van der Waals surface area contributed by atoms with Gasteiger partial charge in [-0.25, -0.2) is 12.7 Å². The number of sulfonamides is 1. The number of rotatable bonds is 6. The number of para-hydroxylation sites is 1. The van der Waals surface area contributed by atoms with E-state index in [1.807, 2.05) is 0 Å². The fourth-order valence-electron chi connectivity index (χ4n) is 2.42. The first-order valence-corrected chi connectivity index (χ1v) is 8.88. The van der Waals surface area contributed by atoms with Crippen molar-refractivity contribution in [2.24, 2.45) is 5.92 Å². The van der Waals surface area contributed by atoms with Crippen molar-refractivity contribution in [1.82, 2.24) is 9.62 Å². The van der Waals surface area contributed by atoms with Crippen molar-refractivity contribution in [2.45, 2.75) is 6.04 Å². The predicted octanol–water partition coefficient (Wildman–Crippen LogP) is 0.331. The van der Waals surface area contributed by atoms with Crippen molar-refractivity contribution in [3.8, 4) is 5.75 Å². The Morgan fingerprint density at radius 1 is 1.35 bits per heavy atom. The fraction of sp³-hybridized carbons (Fsp3) is 0.533. The van der Waals surface area contributed by atoms with Crippen molar-refractivity contribution >= 4 is 15.9 Å². The van der Waals surface area contributed by atoms with Gasteiger partial charge in [-0.15, -0.1) is 0 Å². The van der Waals surface area contributed by atoms with Crippen molar-refractivity contribution in [2.75, 3.05) is 40.2 Å². The number of benzene rings is 1. The number of nitrogens with one attached hydrogen (secondary N) is 1. The summed E-state index contributed by atoms with van der Waals surface area (Å²) in [5.41, 5.74) is 0.413. The molecule has 0 radical (unpaired) electrons. The van der Waals surface area contributed by atoms with E-state index in [0.717, 1.165) is 0 Å². The summed E-state index contributed by atoms with van der Waals surface area (Å²) >= 11 is 0. The average molecular weight is 342 g/mol. The molecule has 1 aliphatic heterocycles. The van der Waals surface area contributed by atoms with Crippen LogP contribution in [0, 0.1) is 5.92 Å². The van der Waals surface area contributed by atoms with E-state index in [4.69, 9.17) is 9.47 Å². The van der Waals surface area contributed by atoms with E-state index in [0.29, 0.717) is 24.5 Å². The molecule has 0 unspecified atom stereocenters. The zero-order chi connectivity index (χ0) is 17.0. The molecular weight excluding hydrogens is 320 g/mol. The Morgan fingerprint density at radius 3 is 2.70 bits per heavy atom. The lowest BCUT2D eigenvalue weighted by Crippen LogP contribution is -2.43. The molecule has 1 fully saturated rings. The molecule has 0 saturated carbocycles. The van der Waals surface area contributed by atoms with Crippen LogP contribution in [0.3, 0.4) is 0 Å². The van der Waals surface area contributed by atoms with Gasteiger partial charge >= 0.3 is 0 Å². The van der Waals surface area contributed by atoms with Crippen LogP contribution in [0.2, 0.25) is 0 Å². The summed E-state index contributed by atoms with van der Waals surface area (Å²) in [5, 5.41) is 2.85. The molecule has 0 bridgehead atoms. The highest BCUT2D eigenvalue weighted by atomic mass is 32.2. The van der Waals surface area contributed by atoms with Crippen LogP contribution in [0.15, 0.2) is 24.3 Å². The summed E-state index contributed by atoms with van der Waals surface area (Å²) in [6.45, 7) is 0.610. The van der Waals surface area contributed by atoms with E-state index in [1.165, 1.54) is 25.5 Å². The minimum Gasteiger partial charge on any atom is -0.496 e. The molecule has 8 heteroatoms. The van der Waals surface area contributed by atoms with Crippen LogP contribution in [0.5, 0.6) is 5.75 Å². The summed E-state index contributed by atoms with van der Waals surface area (Å²) in [5.74, 6) is -0.163. The summed E-state index contributed by atoms with van der Waals surface area (Å²) in [4.78, 5) is 12.4. The molecular formula is C15H22N2O5S. The highest BCUT2D eigenvalue weighted by molar-refractivity contribution is 7.89. The number of carbonyl (C=O) groups is 1. The van der Waals surface area contributed by atoms with E-state index in [1.54, 1.807) is 24.3 Å². The summed E-state index contributed by atoms with van der Waals surface area (Å²) in [6, 6.07) is 6.54. The van der Waals surface area contributed by atoms with Crippen LogP contribution in [-0.4, -0.2) is 64.8 Å². The van der Waals surface area contributed by atoms with Gasteiger partial charge < -0.3 is 14.8 Å². The van der Waals surface area contributed by atoms with Crippen LogP contribution in [0.4, 0.5) is 0 Å². The van der Waals surface area contributed by atoms with E-state index in [9.17, 15) is 13.2 Å².